The molecule has 1 fully saturated rings. The molecule has 0 radical (unpaired) electrons. The number of benzene rings is 2. The lowest BCUT2D eigenvalue weighted by atomic mass is 10.0. The zero-order chi connectivity index (χ0) is 24.7. The predicted octanol–water partition coefficient (Wildman–Crippen LogP) is 3.69. The number of carbonyl (C=O) groups excluding carboxylic acids is 1. The van der Waals surface area contributed by atoms with Crippen LogP contribution in [0.3, 0.4) is 0 Å². The number of carbonyl (C=O) groups is 1. The van der Waals surface area contributed by atoms with Crippen LogP contribution < -0.4 is 15.0 Å². The zero-order valence-corrected chi connectivity index (χ0v) is 21.2. The van der Waals surface area contributed by atoms with Gasteiger partial charge < -0.3 is 19.7 Å². The fourth-order valence-corrected chi connectivity index (χ4v) is 5.47. The minimum absolute atomic E-state index is 0.148. The normalized spacial score (nSPS) is 14.5. The smallest absolute Gasteiger partial charge is 0.262 e. The predicted molar refractivity (Wildman–Crippen MR) is 134 cm³/mol. The molecule has 1 N–H and O–H groups in total. The van der Waals surface area contributed by atoms with E-state index < -0.39 is 10.0 Å². The third-order valence-electron chi connectivity index (χ3n) is 5.84. The minimum atomic E-state index is -3.67. The van der Waals surface area contributed by atoms with Crippen LogP contribution in [0.5, 0.6) is 5.75 Å². The van der Waals surface area contributed by atoms with E-state index in [-0.39, 0.29) is 23.3 Å². The summed E-state index contributed by atoms with van der Waals surface area (Å²) in [5.41, 5.74) is 2.23. The molecule has 0 aromatic heterocycles. The Morgan fingerprint density at radius 1 is 1.12 bits per heavy atom. The van der Waals surface area contributed by atoms with E-state index in [0.717, 1.165) is 11.3 Å². The number of nitrogens with one attached hydrogen (secondary N) is 1. The summed E-state index contributed by atoms with van der Waals surface area (Å²) in [5.74, 6) is 0.568. The number of hydrogen-bond acceptors (Lipinski definition) is 6. The first-order chi connectivity index (χ1) is 16.3. The Bertz CT molecular complexity index is 1080. The Morgan fingerprint density at radius 2 is 1.79 bits per heavy atom. The number of morpholine rings is 1. The van der Waals surface area contributed by atoms with Crippen molar-refractivity contribution in [3.05, 3.63) is 48.0 Å². The third kappa shape index (κ3) is 6.08. The maximum Gasteiger partial charge on any atom is 0.262 e. The van der Waals surface area contributed by atoms with Crippen molar-refractivity contribution in [1.29, 1.82) is 0 Å². The van der Waals surface area contributed by atoms with Crippen LogP contribution in [0.25, 0.3) is 0 Å². The van der Waals surface area contributed by atoms with Gasteiger partial charge in [0.15, 0.2) is 6.61 Å². The Labute approximate surface area is 202 Å². The standard InChI is InChI=1S/C25H35N3O5S/c1-5-28(6-2)34(30,31)20-11-12-23(27-13-15-32-16-14-27)22(17-20)26-25(29)18-33-24-10-8-7-9-21(24)19(3)4/h7-12,17,19H,5-6,13-16,18H2,1-4H3,(H,26,29). The first-order valence-electron chi connectivity index (χ1n) is 11.8. The number of ether oxygens (including phenoxy) is 2. The molecular weight excluding hydrogens is 454 g/mol. The number of anilines is 2. The molecule has 0 bridgehead atoms. The van der Waals surface area contributed by atoms with Crippen LogP contribution >= 0.6 is 0 Å². The summed E-state index contributed by atoms with van der Waals surface area (Å²) in [4.78, 5) is 15.1. The van der Waals surface area contributed by atoms with E-state index in [0.29, 0.717) is 50.8 Å². The lowest BCUT2D eigenvalue weighted by molar-refractivity contribution is -0.118. The lowest BCUT2D eigenvalue weighted by Gasteiger charge is -2.31. The van der Waals surface area contributed by atoms with E-state index in [1.165, 1.54) is 4.31 Å². The molecule has 0 unspecified atom stereocenters. The second-order valence-electron chi connectivity index (χ2n) is 8.40. The van der Waals surface area contributed by atoms with Gasteiger partial charge >= 0.3 is 0 Å². The van der Waals surface area contributed by atoms with Crippen LogP contribution in [0.15, 0.2) is 47.4 Å². The van der Waals surface area contributed by atoms with Crippen LogP contribution in [-0.4, -0.2) is 64.6 Å². The van der Waals surface area contributed by atoms with Crippen LogP contribution in [0.1, 0.15) is 39.2 Å². The fourth-order valence-electron chi connectivity index (χ4n) is 3.99. The average Bonchev–Trinajstić information content (AvgIpc) is 2.84. The summed E-state index contributed by atoms with van der Waals surface area (Å²) in [6, 6.07) is 12.5. The summed E-state index contributed by atoms with van der Waals surface area (Å²) in [6.07, 6.45) is 0. The van der Waals surface area contributed by atoms with Gasteiger partial charge in [0.1, 0.15) is 5.75 Å². The topological polar surface area (TPSA) is 88.2 Å². The van der Waals surface area contributed by atoms with E-state index in [2.05, 4.69) is 24.1 Å². The molecule has 186 valence electrons. The molecule has 1 saturated heterocycles. The molecule has 2 aromatic carbocycles. The minimum Gasteiger partial charge on any atom is -0.483 e. The van der Waals surface area contributed by atoms with Gasteiger partial charge in [-0.05, 0) is 35.7 Å². The highest BCUT2D eigenvalue weighted by molar-refractivity contribution is 7.89. The highest BCUT2D eigenvalue weighted by Gasteiger charge is 2.25. The van der Waals surface area contributed by atoms with E-state index in [9.17, 15) is 13.2 Å². The Balaban J connectivity index is 1.86. The van der Waals surface area contributed by atoms with Gasteiger partial charge in [0.2, 0.25) is 10.0 Å². The van der Waals surface area contributed by atoms with Gasteiger partial charge in [-0.3, -0.25) is 4.79 Å². The van der Waals surface area contributed by atoms with Crippen molar-refractivity contribution in [3.8, 4) is 5.75 Å². The fraction of sp³-hybridized carbons (Fsp3) is 0.480. The van der Waals surface area contributed by atoms with E-state index >= 15 is 0 Å². The quantitative estimate of drug-likeness (QED) is 0.548. The molecule has 0 atom stereocenters. The third-order valence-corrected chi connectivity index (χ3v) is 7.88. The Kier molecular flexibility index (Phi) is 8.93. The lowest BCUT2D eigenvalue weighted by Crippen LogP contribution is -2.37. The number of para-hydroxylation sites is 1. The molecule has 8 nitrogen and oxygen atoms in total. The highest BCUT2D eigenvalue weighted by Crippen LogP contribution is 2.31. The molecule has 9 heteroatoms. The molecule has 0 saturated carbocycles. The monoisotopic (exact) mass is 489 g/mol. The zero-order valence-electron chi connectivity index (χ0n) is 20.4. The molecule has 2 aromatic rings. The summed E-state index contributed by atoms with van der Waals surface area (Å²) >= 11 is 0. The first kappa shape index (κ1) is 26.0. The van der Waals surface area contributed by atoms with Gasteiger partial charge in [0.05, 0.1) is 29.5 Å². The number of amides is 1. The van der Waals surface area contributed by atoms with Crippen molar-refractivity contribution in [2.75, 3.05) is 56.2 Å². The van der Waals surface area contributed by atoms with Gasteiger partial charge in [-0.2, -0.15) is 4.31 Å². The number of rotatable bonds is 10. The van der Waals surface area contributed by atoms with E-state index in [1.54, 1.807) is 32.0 Å². The molecule has 3 rings (SSSR count). The maximum atomic E-state index is 13.1. The Morgan fingerprint density at radius 3 is 2.44 bits per heavy atom. The molecule has 34 heavy (non-hydrogen) atoms. The molecule has 1 aliphatic heterocycles. The molecule has 1 aliphatic rings. The summed E-state index contributed by atoms with van der Waals surface area (Å²) in [6.45, 7) is 10.8. The molecule has 1 heterocycles. The highest BCUT2D eigenvalue weighted by atomic mass is 32.2. The van der Waals surface area contributed by atoms with Crippen LogP contribution in [0.2, 0.25) is 0 Å². The van der Waals surface area contributed by atoms with Crippen molar-refractivity contribution < 1.29 is 22.7 Å². The van der Waals surface area contributed by atoms with Crippen molar-refractivity contribution in [1.82, 2.24) is 4.31 Å². The molecular formula is C25H35N3O5S. The van der Waals surface area contributed by atoms with Gasteiger partial charge in [-0.25, -0.2) is 8.42 Å². The van der Waals surface area contributed by atoms with Crippen molar-refractivity contribution in [3.63, 3.8) is 0 Å². The van der Waals surface area contributed by atoms with Gasteiger partial charge in [0.25, 0.3) is 5.91 Å². The summed E-state index contributed by atoms with van der Waals surface area (Å²) in [5, 5.41) is 2.88. The second-order valence-corrected chi connectivity index (χ2v) is 10.3. The first-order valence-corrected chi connectivity index (χ1v) is 13.2. The van der Waals surface area contributed by atoms with Crippen molar-refractivity contribution in [2.24, 2.45) is 0 Å². The van der Waals surface area contributed by atoms with Crippen LogP contribution in [0.4, 0.5) is 11.4 Å². The number of nitrogens with zero attached hydrogens (tertiary/aromatic N) is 2. The number of sulfonamides is 1. The largest absolute Gasteiger partial charge is 0.483 e. The number of hydrogen-bond donors (Lipinski definition) is 1. The van der Waals surface area contributed by atoms with Gasteiger partial charge in [-0.1, -0.05) is 45.9 Å². The van der Waals surface area contributed by atoms with E-state index in [4.69, 9.17) is 9.47 Å². The maximum absolute atomic E-state index is 13.1. The summed E-state index contributed by atoms with van der Waals surface area (Å²) in [7, 11) is -3.67. The van der Waals surface area contributed by atoms with Gasteiger partial charge in [0, 0.05) is 26.2 Å². The molecule has 0 aliphatic carbocycles. The van der Waals surface area contributed by atoms with Crippen LogP contribution in [-0.2, 0) is 19.6 Å². The SMILES string of the molecule is CCN(CC)S(=O)(=O)c1ccc(N2CCOCC2)c(NC(=O)COc2ccccc2C(C)C)c1. The van der Waals surface area contributed by atoms with Gasteiger partial charge in [-0.15, -0.1) is 0 Å². The Hall–Kier alpha value is -2.62. The second kappa shape index (κ2) is 11.7. The molecule has 1 amide bonds. The summed E-state index contributed by atoms with van der Waals surface area (Å²) < 4.78 is 38.8. The van der Waals surface area contributed by atoms with E-state index in [1.807, 2.05) is 24.3 Å². The van der Waals surface area contributed by atoms with Crippen LogP contribution in [0, 0.1) is 0 Å². The van der Waals surface area contributed by atoms with Crippen molar-refractivity contribution >= 4 is 27.3 Å². The molecule has 0 spiro atoms. The van der Waals surface area contributed by atoms with Crippen molar-refractivity contribution in [2.45, 2.75) is 38.5 Å². The average molecular weight is 490 g/mol.